The van der Waals surface area contributed by atoms with Gasteiger partial charge in [0.25, 0.3) is 5.79 Å². The predicted octanol–water partition coefficient (Wildman–Crippen LogP) is 4.63. The van der Waals surface area contributed by atoms with Gasteiger partial charge in [0, 0.05) is 46.9 Å². The maximum Gasteiger partial charge on any atom is 0.252 e. The number of phenols is 2. The Morgan fingerprint density at radius 2 is 1.10 bits per heavy atom. The third-order valence-corrected chi connectivity index (χ3v) is 6.03. The van der Waals surface area contributed by atoms with Gasteiger partial charge in [0.1, 0.15) is 11.5 Å². The summed E-state index contributed by atoms with van der Waals surface area (Å²) in [5.41, 5.74) is 1.23. The van der Waals surface area contributed by atoms with Crippen LogP contribution < -0.4 is 18.9 Å². The molecule has 2 heterocycles. The molecule has 0 saturated heterocycles. The van der Waals surface area contributed by atoms with Crippen LogP contribution in [0.5, 0.6) is 34.5 Å². The molecule has 0 unspecified atom stereocenters. The van der Waals surface area contributed by atoms with Gasteiger partial charge in [-0.1, -0.05) is 27.7 Å². The number of rotatable bonds is 2. The van der Waals surface area contributed by atoms with Gasteiger partial charge in [-0.2, -0.15) is 0 Å². The summed E-state index contributed by atoms with van der Waals surface area (Å²) in [6.07, 6.45) is 1.20. The number of benzene rings is 2. The van der Waals surface area contributed by atoms with Gasteiger partial charge in [0.05, 0.1) is 14.2 Å². The smallest absolute Gasteiger partial charge is 0.252 e. The molecule has 156 valence electrons. The lowest BCUT2D eigenvalue weighted by molar-refractivity contribution is -0.166. The number of fused-ring (bicyclic) bond motifs is 2. The Kier molecular flexibility index (Phi) is 4.12. The van der Waals surface area contributed by atoms with Crippen LogP contribution in [0.25, 0.3) is 0 Å². The van der Waals surface area contributed by atoms with Gasteiger partial charge < -0.3 is 29.2 Å². The molecule has 0 radical (unpaired) electrons. The molecule has 0 aliphatic carbocycles. The molecule has 2 aliphatic heterocycles. The van der Waals surface area contributed by atoms with Crippen molar-refractivity contribution in [2.24, 2.45) is 0 Å². The number of hydrogen-bond acceptors (Lipinski definition) is 6. The lowest BCUT2D eigenvalue weighted by Crippen LogP contribution is -2.55. The first-order chi connectivity index (χ1) is 13.5. The molecule has 0 amide bonds. The second-order valence-electron chi connectivity index (χ2n) is 9.28. The number of hydrogen-bond donors (Lipinski definition) is 2. The van der Waals surface area contributed by atoms with E-state index in [1.807, 2.05) is 0 Å². The molecule has 2 aromatic rings. The zero-order valence-electron chi connectivity index (χ0n) is 17.8. The Morgan fingerprint density at radius 3 is 1.45 bits per heavy atom. The highest BCUT2D eigenvalue weighted by Gasteiger charge is 2.53. The van der Waals surface area contributed by atoms with Crippen molar-refractivity contribution in [3.8, 4) is 34.5 Å². The number of aromatic hydroxyl groups is 2. The van der Waals surface area contributed by atoms with Gasteiger partial charge in [-0.3, -0.25) is 0 Å². The Bertz CT molecular complexity index is 896. The van der Waals surface area contributed by atoms with Crippen molar-refractivity contribution >= 4 is 0 Å². The van der Waals surface area contributed by atoms with E-state index in [-0.39, 0.29) is 22.3 Å². The van der Waals surface area contributed by atoms with E-state index in [0.29, 0.717) is 35.8 Å². The quantitative estimate of drug-likeness (QED) is 0.765. The lowest BCUT2D eigenvalue weighted by Gasteiger charge is -2.51. The van der Waals surface area contributed by atoms with Gasteiger partial charge >= 0.3 is 0 Å². The predicted molar refractivity (Wildman–Crippen MR) is 109 cm³/mol. The van der Waals surface area contributed by atoms with Crippen LogP contribution in [0.4, 0.5) is 0 Å². The largest absolute Gasteiger partial charge is 0.504 e. The summed E-state index contributed by atoms with van der Waals surface area (Å²) in [5.74, 6) is 1.29. The molecule has 2 aliphatic rings. The van der Waals surface area contributed by atoms with E-state index in [0.717, 1.165) is 11.1 Å². The van der Waals surface area contributed by atoms with Crippen molar-refractivity contribution in [2.75, 3.05) is 14.2 Å². The second-order valence-corrected chi connectivity index (χ2v) is 9.28. The Balaban J connectivity index is 1.84. The van der Waals surface area contributed by atoms with Crippen molar-refractivity contribution in [2.45, 2.75) is 57.2 Å². The fourth-order valence-electron chi connectivity index (χ4n) is 4.82. The van der Waals surface area contributed by atoms with Crippen LogP contribution in [0.3, 0.4) is 0 Å². The zero-order valence-corrected chi connectivity index (χ0v) is 17.8. The van der Waals surface area contributed by atoms with Crippen LogP contribution in [0.15, 0.2) is 24.3 Å². The maximum absolute atomic E-state index is 10.2. The minimum Gasteiger partial charge on any atom is -0.504 e. The average Bonchev–Trinajstić information content (AvgIpc) is 2.61. The second kappa shape index (κ2) is 6.12. The minimum absolute atomic E-state index is 0.0920. The van der Waals surface area contributed by atoms with E-state index in [1.165, 1.54) is 14.2 Å². The Morgan fingerprint density at radius 1 is 0.724 bits per heavy atom. The van der Waals surface area contributed by atoms with E-state index in [4.69, 9.17) is 18.9 Å². The molecule has 6 heteroatoms. The van der Waals surface area contributed by atoms with E-state index in [9.17, 15) is 10.2 Å². The zero-order chi connectivity index (χ0) is 21.2. The molecule has 2 aromatic carbocycles. The van der Waals surface area contributed by atoms with Crippen LogP contribution in [0.1, 0.15) is 51.7 Å². The standard InChI is InChI=1S/C23H28O6/c1-21(2)11-23(28-17-9-19(26-5)15(24)7-13(17)21)12-22(3,4)14-8-16(25)20(27-6)10-18(14)29-23/h7-10,24-25H,11-12H2,1-6H3. The summed E-state index contributed by atoms with van der Waals surface area (Å²) in [5, 5.41) is 20.5. The highest BCUT2D eigenvalue weighted by atomic mass is 16.7. The van der Waals surface area contributed by atoms with E-state index < -0.39 is 5.79 Å². The molecule has 0 fully saturated rings. The monoisotopic (exact) mass is 400 g/mol. The van der Waals surface area contributed by atoms with Crippen LogP contribution in [-0.2, 0) is 10.8 Å². The van der Waals surface area contributed by atoms with Crippen LogP contribution >= 0.6 is 0 Å². The number of phenolic OH excluding ortho intramolecular Hbond substituents is 2. The Labute approximate surface area is 171 Å². The normalized spacial score (nSPS) is 20.1. The topological polar surface area (TPSA) is 77.4 Å². The highest BCUT2D eigenvalue weighted by Crippen LogP contribution is 2.56. The van der Waals surface area contributed by atoms with Gasteiger partial charge in [-0.05, 0) is 12.1 Å². The Hall–Kier alpha value is -2.76. The molecule has 1 spiro atoms. The third kappa shape index (κ3) is 3.02. The van der Waals surface area contributed by atoms with Crippen LogP contribution in [0.2, 0.25) is 0 Å². The molecule has 2 N–H and O–H groups in total. The summed E-state index contributed by atoms with van der Waals surface area (Å²) < 4.78 is 23.5. The van der Waals surface area contributed by atoms with Crippen LogP contribution in [-0.4, -0.2) is 30.2 Å². The van der Waals surface area contributed by atoms with Crippen molar-refractivity contribution in [3.63, 3.8) is 0 Å². The molecule has 0 saturated carbocycles. The van der Waals surface area contributed by atoms with Gasteiger partial charge in [-0.15, -0.1) is 0 Å². The fourth-order valence-corrected chi connectivity index (χ4v) is 4.82. The number of methoxy groups -OCH3 is 2. The minimum atomic E-state index is -0.892. The van der Waals surface area contributed by atoms with E-state index in [1.54, 1.807) is 24.3 Å². The molecular weight excluding hydrogens is 372 g/mol. The van der Waals surface area contributed by atoms with Gasteiger partial charge in [0.15, 0.2) is 23.0 Å². The first-order valence-electron chi connectivity index (χ1n) is 9.71. The molecule has 29 heavy (non-hydrogen) atoms. The summed E-state index contributed by atoms with van der Waals surface area (Å²) in [4.78, 5) is 0. The van der Waals surface area contributed by atoms with E-state index >= 15 is 0 Å². The van der Waals surface area contributed by atoms with Crippen molar-refractivity contribution in [1.29, 1.82) is 0 Å². The third-order valence-electron chi connectivity index (χ3n) is 6.03. The summed E-state index contributed by atoms with van der Waals surface area (Å²) >= 11 is 0. The first kappa shape index (κ1) is 19.6. The molecule has 0 atom stereocenters. The molecular formula is C23H28O6. The summed E-state index contributed by atoms with van der Waals surface area (Å²) in [7, 11) is 3.03. The molecule has 4 rings (SSSR count). The number of ether oxygens (including phenoxy) is 4. The fraction of sp³-hybridized carbons (Fsp3) is 0.478. The van der Waals surface area contributed by atoms with Crippen LogP contribution in [0, 0.1) is 0 Å². The molecule has 0 aromatic heterocycles. The maximum atomic E-state index is 10.2. The van der Waals surface area contributed by atoms with Crippen molar-refractivity contribution in [3.05, 3.63) is 35.4 Å². The van der Waals surface area contributed by atoms with Crippen molar-refractivity contribution in [1.82, 2.24) is 0 Å². The lowest BCUT2D eigenvalue weighted by atomic mass is 9.69. The first-order valence-corrected chi connectivity index (χ1v) is 9.71. The molecule has 0 bridgehead atoms. The van der Waals surface area contributed by atoms with Gasteiger partial charge in [0.2, 0.25) is 0 Å². The summed E-state index contributed by atoms with van der Waals surface area (Å²) in [6.45, 7) is 8.47. The SMILES string of the molecule is COc1cc2c(cc1O)C(C)(C)CC1(CC(C)(C)c3cc(O)c(OC)cc3O1)O2. The van der Waals surface area contributed by atoms with E-state index in [2.05, 4.69) is 27.7 Å². The summed E-state index contributed by atoms with van der Waals surface area (Å²) in [6, 6.07) is 6.86. The highest BCUT2D eigenvalue weighted by molar-refractivity contribution is 5.56. The molecule has 6 nitrogen and oxygen atoms in total. The average molecular weight is 400 g/mol. The van der Waals surface area contributed by atoms with Gasteiger partial charge in [-0.25, -0.2) is 0 Å². The van der Waals surface area contributed by atoms with Crippen molar-refractivity contribution < 1.29 is 29.2 Å².